The summed E-state index contributed by atoms with van der Waals surface area (Å²) in [5.74, 6) is -0.582. The molecule has 2 heterocycles. The van der Waals surface area contributed by atoms with Crippen molar-refractivity contribution in [2.45, 2.75) is 38.6 Å². The Labute approximate surface area is 190 Å². The van der Waals surface area contributed by atoms with Crippen molar-refractivity contribution in [2.75, 3.05) is 16.9 Å². The molecule has 0 atom stereocenters. The molecule has 0 unspecified atom stereocenters. The minimum atomic E-state index is -3.32. The summed E-state index contributed by atoms with van der Waals surface area (Å²) in [6.45, 7) is 2.10. The van der Waals surface area contributed by atoms with Crippen LogP contribution in [0.4, 0.5) is 11.5 Å². The van der Waals surface area contributed by atoms with E-state index in [4.69, 9.17) is 10.2 Å². The number of rotatable bonds is 9. The molecule has 0 aliphatic rings. The van der Waals surface area contributed by atoms with Crippen LogP contribution in [-0.4, -0.2) is 30.1 Å². The maximum Gasteiger partial charge on any atom is 0.330 e. The number of carbonyl (C=O) groups is 1. The third kappa shape index (κ3) is 5.80. The van der Waals surface area contributed by atoms with Gasteiger partial charge in [0, 0.05) is 18.4 Å². The summed E-state index contributed by atoms with van der Waals surface area (Å²) >= 11 is 0. The van der Waals surface area contributed by atoms with Crippen LogP contribution in [-0.2, 0) is 28.7 Å². The van der Waals surface area contributed by atoms with E-state index >= 15 is 0 Å². The lowest BCUT2D eigenvalue weighted by molar-refractivity contribution is 0.0982. The van der Waals surface area contributed by atoms with Crippen molar-refractivity contribution >= 4 is 27.2 Å². The molecule has 1 aromatic carbocycles. The topological polar surface area (TPSA) is 148 Å². The Kier molecular flexibility index (Phi) is 7.22. The van der Waals surface area contributed by atoms with Crippen LogP contribution < -0.4 is 21.9 Å². The summed E-state index contributed by atoms with van der Waals surface area (Å²) in [4.78, 5) is 42.0. The molecular formula is C22H26N4O6S. The molecule has 0 saturated carbocycles. The molecule has 1 amide bonds. The number of hydrogen-bond acceptors (Lipinski definition) is 7. The van der Waals surface area contributed by atoms with Gasteiger partial charge >= 0.3 is 5.69 Å². The molecule has 0 spiro atoms. The van der Waals surface area contributed by atoms with E-state index in [1.54, 1.807) is 24.3 Å². The van der Waals surface area contributed by atoms with E-state index in [0.29, 0.717) is 17.7 Å². The maximum absolute atomic E-state index is 13.5. The van der Waals surface area contributed by atoms with E-state index in [1.165, 1.54) is 23.0 Å². The highest BCUT2D eigenvalue weighted by Crippen LogP contribution is 2.23. The maximum atomic E-state index is 13.5. The molecule has 0 fully saturated rings. The van der Waals surface area contributed by atoms with Crippen molar-refractivity contribution in [3.05, 3.63) is 80.4 Å². The third-order valence-corrected chi connectivity index (χ3v) is 5.82. The van der Waals surface area contributed by atoms with Gasteiger partial charge in [-0.2, -0.15) is 0 Å². The lowest BCUT2D eigenvalue weighted by atomic mass is 10.1. The Morgan fingerprint density at radius 1 is 1.21 bits per heavy atom. The first-order valence-corrected chi connectivity index (χ1v) is 12.4. The van der Waals surface area contributed by atoms with Gasteiger partial charge < -0.3 is 10.2 Å². The average Bonchev–Trinajstić information content (AvgIpc) is 3.24. The zero-order valence-electron chi connectivity index (χ0n) is 18.4. The number of nitrogen functional groups attached to an aromatic ring is 1. The zero-order chi connectivity index (χ0) is 24.2. The van der Waals surface area contributed by atoms with Gasteiger partial charge in [0.25, 0.3) is 11.5 Å². The summed E-state index contributed by atoms with van der Waals surface area (Å²) in [7, 11) is -3.32. The summed E-state index contributed by atoms with van der Waals surface area (Å²) in [5.41, 5.74) is 5.17. The number of unbranched alkanes of at least 4 members (excludes halogenated alkanes) is 1. The highest BCUT2D eigenvalue weighted by atomic mass is 32.2. The second kappa shape index (κ2) is 9.90. The summed E-state index contributed by atoms with van der Waals surface area (Å²) < 4.78 is 30.0. The molecule has 3 N–H and O–H groups in total. The number of aromatic amines is 1. The number of anilines is 2. The second-order valence-electron chi connectivity index (χ2n) is 7.74. The van der Waals surface area contributed by atoms with Crippen LogP contribution in [0.25, 0.3) is 0 Å². The number of H-pyrrole nitrogens is 1. The predicted octanol–water partition coefficient (Wildman–Crippen LogP) is 1.90. The fraction of sp³-hybridized carbons (Fsp3) is 0.318. The van der Waals surface area contributed by atoms with E-state index in [2.05, 4.69) is 4.98 Å². The van der Waals surface area contributed by atoms with Crippen LogP contribution in [0.5, 0.6) is 0 Å². The number of carbonyl (C=O) groups excluding carboxylic acids is 1. The van der Waals surface area contributed by atoms with Gasteiger partial charge in [0.2, 0.25) is 0 Å². The smallest absolute Gasteiger partial charge is 0.330 e. The summed E-state index contributed by atoms with van der Waals surface area (Å²) in [6, 6.07) is 9.41. The molecule has 0 radical (unpaired) electrons. The quantitative estimate of drug-likeness (QED) is 0.481. The molecule has 3 rings (SSSR count). The fourth-order valence-electron chi connectivity index (χ4n) is 3.44. The number of aromatic nitrogens is 2. The van der Waals surface area contributed by atoms with Gasteiger partial charge in [-0.15, -0.1) is 0 Å². The van der Waals surface area contributed by atoms with Crippen molar-refractivity contribution < 1.29 is 17.6 Å². The van der Waals surface area contributed by atoms with E-state index in [0.717, 1.165) is 17.6 Å². The van der Waals surface area contributed by atoms with E-state index < -0.39 is 27.0 Å². The van der Waals surface area contributed by atoms with Gasteiger partial charge in [-0.05, 0) is 36.2 Å². The number of sulfone groups is 1. The molecule has 0 aliphatic carbocycles. The van der Waals surface area contributed by atoms with Crippen LogP contribution in [0.1, 0.15) is 41.4 Å². The Hall–Kier alpha value is -3.60. The van der Waals surface area contributed by atoms with E-state index in [1.807, 2.05) is 6.92 Å². The Morgan fingerprint density at radius 2 is 1.97 bits per heavy atom. The highest BCUT2D eigenvalue weighted by Gasteiger charge is 2.26. The van der Waals surface area contributed by atoms with Crippen molar-refractivity contribution in [3.8, 4) is 0 Å². The normalized spacial score (nSPS) is 11.5. The van der Waals surface area contributed by atoms with Gasteiger partial charge in [-0.3, -0.25) is 24.0 Å². The number of hydrogen-bond donors (Lipinski definition) is 2. The SMILES string of the molecule is CCCCn1c(N)c(N(Cc2ccco2)C(=O)c2cccc(CS(C)(=O)=O)c2)c(=O)[nH]c1=O. The molecule has 10 nitrogen and oxygen atoms in total. The molecule has 0 saturated heterocycles. The molecule has 2 aromatic heterocycles. The fourth-order valence-corrected chi connectivity index (χ4v) is 4.23. The molecule has 0 aliphatic heterocycles. The van der Waals surface area contributed by atoms with Crippen LogP contribution >= 0.6 is 0 Å². The Balaban J connectivity index is 2.12. The predicted molar refractivity (Wildman–Crippen MR) is 125 cm³/mol. The van der Waals surface area contributed by atoms with Crippen LogP contribution in [0.3, 0.4) is 0 Å². The van der Waals surface area contributed by atoms with Gasteiger partial charge in [0.1, 0.15) is 11.6 Å². The molecule has 33 heavy (non-hydrogen) atoms. The van der Waals surface area contributed by atoms with Crippen molar-refractivity contribution in [3.63, 3.8) is 0 Å². The summed E-state index contributed by atoms with van der Waals surface area (Å²) in [5, 5.41) is 0. The van der Waals surface area contributed by atoms with Gasteiger partial charge in [-0.25, -0.2) is 13.2 Å². The largest absolute Gasteiger partial charge is 0.467 e. The Bertz CT molecular complexity index is 1360. The molecular weight excluding hydrogens is 448 g/mol. The third-order valence-electron chi connectivity index (χ3n) is 4.96. The van der Waals surface area contributed by atoms with Gasteiger partial charge in [-0.1, -0.05) is 25.5 Å². The molecule has 11 heteroatoms. The Morgan fingerprint density at radius 3 is 2.61 bits per heavy atom. The first kappa shape index (κ1) is 24.1. The number of furan rings is 1. The minimum absolute atomic E-state index is 0.124. The van der Waals surface area contributed by atoms with Crippen LogP contribution in [0, 0.1) is 0 Å². The van der Waals surface area contributed by atoms with Gasteiger partial charge in [0.15, 0.2) is 15.5 Å². The van der Waals surface area contributed by atoms with E-state index in [9.17, 15) is 22.8 Å². The standard InChI is InChI=1S/C22H26N4O6S/c1-3-4-10-25-19(23)18(20(27)24-22(25)29)26(13-17-9-6-11-32-17)21(28)16-8-5-7-15(12-16)14-33(2,30)31/h5-9,11-12H,3-4,10,13-14,23H2,1-2H3,(H,24,27,29). The van der Waals surface area contributed by atoms with Crippen LogP contribution in [0.2, 0.25) is 0 Å². The average molecular weight is 475 g/mol. The van der Waals surface area contributed by atoms with Crippen molar-refractivity contribution in [2.24, 2.45) is 0 Å². The lowest BCUT2D eigenvalue weighted by Gasteiger charge is -2.24. The number of benzene rings is 1. The first-order valence-electron chi connectivity index (χ1n) is 10.3. The lowest BCUT2D eigenvalue weighted by Crippen LogP contribution is -2.41. The highest BCUT2D eigenvalue weighted by molar-refractivity contribution is 7.89. The molecule has 0 bridgehead atoms. The second-order valence-corrected chi connectivity index (χ2v) is 9.88. The van der Waals surface area contributed by atoms with Crippen LogP contribution in [0.15, 0.2) is 56.7 Å². The summed E-state index contributed by atoms with van der Waals surface area (Å²) in [6.07, 6.45) is 3.97. The number of amides is 1. The van der Waals surface area contributed by atoms with Crippen molar-refractivity contribution in [1.82, 2.24) is 9.55 Å². The first-order chi connectivity index (χ1) is 15.6. The molecule has 176 valence electrons. The van der Waals surface area contributed by atoms with Gasteiger partial charge in [0.05, 0.1) is 18.6 Å². The zero-order valence-corrected chi connectivity index (χ0v) is 19.2. The minimum Gasteiger partial charge on any atom is -0.467 e. The number of nitrogens with one attached hydrogen (secondary N) is 1. The number of nitrogens with zero attached hydrogens (tertiary/aromatic N) is 2. The van der Waals surface area contributed by atoms with E-state index in [-0.39, 0.29) is 35.9 Å². The number of nitrogens with two attached hydrogens (primary N) is 1. The monoisotopic (exact) mass is 474 g/mol. The van der Waals surface area contributed by atoms with Crippen molar-refractivity contribution in [1.29, 1.82) is 0 Å². The molecule has 3 aromatic rings.